The third-order valence-electron chi connectivity index (χ3n) is 2.99. The Morgan fingerprint density at radius 2 is 2.18 bits per heavy atom. The van der Waals surface area contributed by atoms with Gasteiger partial charge in [0.05, 0.1) is 0 Å². The number of nitrogens with zero attached hydrogens (tertiary/aromatic N) is 4. The van der Waals surface area contributed by atoms with Crippen molar-refractivity contribution >= 4 is 11.6 Å². The van der Waals surface area contributed by atoms with Crippen molar-refractivity contribution in [2.45, 2.75) is 31.7 Å². The molecule has 0 aromatic carbocycles. The second kappa shape index (κ2) is 4.45. The molecule has 0 unspecified atom stereocenters. The van der Waals surface area contributed by atoms with Gasteiger partial charge in [-0.15, -0.1) is 10.2 Å². The van der Waals surface area contributed by atoms with Gasteiger partial charge in [-0.05, 0) is 36.6 Å². The summed E-state index contributed by atoms with van der Waals surface area (Å²) in [7, 11) is 0. The maximum atomic E-state index is 6.05. The van der Waals surface area contributed by atoms with Crippen LogP contribution < -0.4 is 0 Å². The maximum absolute atomic E-state index is 6.05. The van der Waals surface area contributed by atoms with Gasteiger partial charge < -0.3 is 4.57 Å². The lowest BCUT2D eigenvalue weighted by Gasteiger charge is -2.06. The van der Waals surface area contributed by atoms with Crippen LogP contribution in [0.15, 0.2) is 24.4 Å². The summed E-state index contributed by atoms with van der Waals surface area (Å²) in [6.45, 7) is 0.800. The summed E-state index contributed by atoms with van der Waals surface area (Å²) in [4.78, 5) is 4.30. The summed E-state index contributed by atoms with van der Waals surface area (Å²) < 4.78 is 2.01. The normalized spacial score (nSPS) is 15.1. The third-order valence-corrected chi connectivity index (χ3v) is 3.27. The summed E-state index contributed by atoms with van der Waals surface area (Å²) in [5, 5.41) is 8.59. The molecule has 2 heterocycles. The van der Waals surface area contributed by atoms with E-state index in [0.717, 1.165) is 24.5 Å². The number of halogens is 1. The van der Waals surface area contributed by atoms with E-state index in [1.165, 1.54) is 12.8 Å². The Kier molecular flexibility index (Phi) is 2.81. The van der Waals surface area contributed by atoms with Gasteiger partial charge in [0.25, 0.3) is 0 Å². The van der Waals surface area contributed by atoms with Crippen LogP contribution in [-0.2, 0) is 13.0 Å². The van der Waals surface area contributed by atoms with Crippen LogP contribution in [0.1, 0.15) is 30.3 Å². The van der Waals surface area contributed by atoms with Gasteiger partial charge in [0.15, 0.2) is 0 Å². The average Bonchev–Trinajstić information content (AvgIpc) is 3.13. The van der Waals surface area contributed by atoms with E-state index in [-0.39, 0.29) is 0 Å². The lowest BCUT2D eigenvalue weighted by atomic mass is 10.2. The van der Waals surface area contributed by atoms with Crippen LogP contribution in [0.4, 0.5) is 0 Å². The van der Waals surface area contributed by atoms with Crippen molar-refractivity contribution in [2.75, 3.05) is 0 Å². The van der Waals surface area contributed by atoms with Crippen LogP contribution in [0.25, 0.3) is 0 Å². The lowest BCUT2D eigenvalue weighted by molar-refractivity contribution is 0.645. The highest BCUT2D eigenvalue weighted by Gasteiger charge is 2.29. The third kappa shape index (κ3) is 2.31. The summed E-state index contributed by atoms with van der Waals surface area (Å²) in [5.41, 5.74) is 1.07. The van der Waals surface area contributed by atoms with E-state index in [9.17, 15) is 0 Å². The van der Waals surface area contributed by atoms with Gasteiger partial charge in [0.1, 0.15) is 5.82 Å². The van der Waals surface area contributed by atoms with E-state index in [2.05, 4.69) is 15.2 Å². The van der Waals surface area contributed by atoms with Gasteiger partial charge in [-0.1, -0.05) is 6.07 Å². The molecule has 2 aromatic rings. The Bertz CT molecular complexity index is 504. The SMILES string of the molecule is Clc1nnc(C2CC2)n1CCc1ccccn1. The zero-order chi connectivity index (χ0) is 11.7. The van der Waals surface area contributed by atoms with Gasteiger partial charge in [0.2, 0.25) is 5.28 Å². The molecular weight excluding hydrogens is 236 g/mol. The van der Waals surface area contributed by atoms with Crippen LogP contribution in [-0.4, -0.2) is 19.7 Å². The Morgan fingerprint density at radius 3 is 2.88 bits per heavy atom. The van der Waals surface area contributed by atoms with Gasteiger partial charge >= 0.3 is 0 Å². The van der Waals surface area contributed by atoms with Crippen LogP contribution in [0, 0.1) is 0 Å². The molecular formula is C12H13ClN4. The smallest absolute Gasteiger partial charge is 0.225 e. The summed E-state index contributed by atoms with van der Waals surface area (Å²) in [6.07, 6.45) is 5.08. The first-order valence-corrected chi connectivity index (χ1v) is 6.21. The van der Waals surface area contributed by atoms with Crippen LogP contribution in [0.2, 0.25) is 5.28 Å². The number of aryl methyl sites for hydroxylation is 1. The molecule has 0 aliphatic heterocycles. The molecule has 0 saturated heterocycles. The highest BCUT2D eigenvalue weighted by atomic mass is 35.5. The number of aromatic nitrogens is 4. The van der Waals surface area contributed by atoms with Gasteiger partial charge in [-0.25, -0.2) is 0 Å². The standard InChI is InChI=1S/C12H13ClN4/c13-12-16-15-11(9-4-5-9)17(12)8-6-10-3-1-2-7-14-10/h1-3,7,9H,4-6,8H2. The molecule has 0 spiro atoms. The first-order chi connectivity index (χ1) is 8.34. The maximum Gasteiger partial charge on any atom is 0.225 e. The molecule has 5 heteroatoms. The quantitative estimate of drug-likeness (QED) is 0.835. The minimum absolute atomic E-state index is 0.489. The zero-order valence-electron chi connectivity index (χ0n) is 9.38. The van der Waals surface area contributed by atoms with Crippen molar-refractivity contribution in [3.05, 3.63) is 41.2 Å². The van der Waals surface area contributed by atoms with Gasteiger partial charge in [0, 0.05) is 30.8 Å². The molecule has 2 aromatic heterocycles. The average molecular weight is 249 g/mol. The highest BCUT2D eigenvalue weighted by Crippen LogP contribution is 2.39. The topological polar surface area (TPSA) is 43.6 Å². The minimum atomic E-state index is 0.489. The molecule has 0 radical (unpaired) electrons. The van der Waals surface area contributed by atoms with E-state index in [4.69, 9.17) is 11.6 Å². The summed E-state index contributed by atoms with van der Waals surface area (Å²) >= 11 is 6.05. The summed E-state index contributed by atoms with van der Waals surface area (Å²) in [5.74, 6) is 1.60. The largest absolute Gasteiger partial charge is 0.301 e. The first-order valence-electron chi connectivity index (χ1n) is 5.83. The van der Waals surface area contributed by atoms with Crippen LogP contribution in [0.5, 0.6) is 0 Å². The molecule has 3 rings (SSSR count). The molecule has 17 heavy (non-hydrogen) atoms. The molecule has 1 fully saturated rings. The van der Waals surface area contributed by atoms with E-state index < -0.39 is 0 Å². The van der Waals surface area contributed by atoms with Crippen molar-refractivity contribution < 1.29 is 0 Å². The predicted molar refractivity (Wildman–Crippen MR) is 64.9 cm³/mol. The highest BCUT2D eigenvalue weighted by molar-refractivity contribution is 6.28. The Labute approximate surface area is 105 Å². The number of pyridine rings is 1. The molecule has 1 aliphatic carbocycles. The molecule has 88 valence electrons. The van der Waals surface area contributed by atoms with Crippen LogP contribution >= 0.6 is 11.6 Å². The van der Waals surface area contributed by atoms with E-state index in [0.29, 0.717) is 11.2 Å². The van der Waals surface area contributed by atoms with Crippen molar-refractivity contribution in [2.24, 2.45) is 0 Å². The Hall–Kier alpha value is -1.42. The fourth-order valence-corrected chi connectivity index (χ4v) is 2.13. The second-order valence-corrected chi connectivity index (χ2v) is 4.66. The molecule has 1 aliphatic rings. The lowest BCUT2D eigenvalue weighted by Crippen LogP contribution is -2.06. The zero-order valence-corrected chi connectivity index (χ0v) is 10.1. The Balaban J connectivity index is 1.74. The van der Waals surface area contributed by atoms with Crippen molar-refractivity contribution in [3.8, 4) is 0 Å². The molecule has 0 N–H and O–H groups in total. The molecule has 0 bridgehead atoms. The Morgan fingerprint density at radius 1 is 1.29 bits per heavy atom. The molecule has 0 atom stereocenters. The fourth-order valence-electron chi connectivity index (χ4n) is 1.92. The number of hydrogen-bond donors (Lipinski definition) is 0. The second-order valence-electron chi connectivity index (χ2n) is 4.32. The van der Waals surface area contributed by atoms with E-state index in [1.807, 2.05) is 29.0 Å². The first kappa shape index (κ1) is 10.7. The molecule has 4 nitrogen and oxygen atoms in total. The van der Waals surface area contributed by atoms with Crippen LogP contribution in [0.3, 0.4) is 0 Å². The van der Waals surface area contributed by atoms with Gasteiger partial charge in [-0.3, -0.25) is 4.98 Å². The van der Waals surface area contributed by atoms with E-state index in [1.54, 1.807) is 0 Å². The van der Waals surface area contributed by atoms with Gasteiger partial charge in [-0.2, -0.15) is 0 Å². The number of rotatable bonds is 4. The van der Waals surface area contributed by atoms with Crippen molar-refractivity contribution in [1.82, 2.24) is 19.7 Å². The predicted octanol–water partition coefficient (Wildman–Crippen LogP) is 2.45. The fraction of sp³-hybridized carbons (Fsp3) is 0.417. The van der Waals surface area contributed by atoms with E-state index >= 15 is 0 Å². The van der Waals surface area contributed by atoms with Crippen molar-refractivity contribution in [1.29, 1.82) is 0 Å². The van der Waals surface area contributed by atoms with Crippen molar-refractivity contribution in [3.63, 3.8) is 0 Å². The number of hydrogen-bond acceptors (Lipinski definition) is 3. The summed E-state index contributed by atoms with van der Waals surface area (Å²) in [6, 6.07) is 5.94. The molecule has 0 amide bonds. The molecule has 1 saturated carbocycles. The monoisotopic (exact) mass is 248 g/mol. The minimum Gasteiger partial charge on any atom is -0.301 e.